The molecule has 1 aromatic heterocycles. The summed E-state index contributed by atoms with van der Waals surface area (Å²) >= 11 is 0. The fraction of sp³-hybridized carbons (Fsp3) is 0.375. The predicted octanol–water partition coefficient (Wildman–Crippen LogP) is 2.71. The number of nitrogen functional groups attached to an aromatic ring is 1. The Bertz CT molecular complexity index is 649. The minimum Gasteiger partial charge on any atom is -0.368 e. The van der Waals surface area contributed by atoms with Gasteiger partial charge in [-0.25, -0.2) is 13.8 Å². The topological polar surface area (TPSA) is 55.0 Å². The summed E-state index contributed by atoms with van der Waals surface area (Å²) in [5.74, 6) is 0.384. The third kappa shape index (κ3) is 3.32. The SMILES string of the molecule is Cc1cc(N2CCC(Cc3cc(F)cc(F)c3)C2)nc(N)n1. The highest BCUT2D eigenvalue weighted by Gasteiger charge is 2.24. The van der Waals surface area contributed by atoms with Crippen molar-refractivity contribution >= 4 is 11.8 Å². The molecular weight excluding hydrogens is 286 g/mol. The van der Waals surface area contributed by atoms with Crippen LogP contribution in [-0.2, 0) is 6.42 Å². The summed E-state index contributed by atoms with van der Waals surface area (Å²) in [7, 11) is 0. The van der Waals surface area contributed by atoms with E-state index in [9.17, 15) is 8.78 Å². The van der Waals surface area contributed by atoms with Gasteiger partial charge < -0.3 is 10.6 Å². The smallest absolute Gasteiger partial charge is 0.222 e. The molecule has 0 saturated carbocycles. The Hall–Kier alpha value is -2.24. The quantitative estimate of drug-likeness (QED) is 0.947. The van der Waals surface area contributed by atoms with Crippen LogP contribution in [0.2, 0.25) is 0 Å². The van der Waals surface area contributed by atoms with Gasteiger partial charge in [0.25, 0.3) is 0 Å². The molecule has 2 N–H and O–H groups in total. The average Bonchev–Trinajstić information content (AvgIpc) is 2.84. The highest BCUT2D eigenvalue weighted by molar-refractivity contribution is 5.44. The minimum absolute atomic E-state index is 0.269. The van der Waals surface area contributed by atoms with E-state index in [0.29, 0.717) is 17.9 Å². The van der Waals surface area contributed by atoms with Gasteiger partial charge in [0, 0.05) is 30.9 Å². The molecule has 2 heterocycles. The Morgan fingerprint density at radius 3 is 2.59 bits per heavy atom. The van der Waals surface area contributed by atoms with Crippen LogP contribution >= 0.6 is 0 Å². The lowest BCUT2D eigenvalue weighted by atomic mass is 9.98. The Labute approximate surface area is 128 Å². The Morgan fingerprint density at radius 2 is 1.91 bits per heavy atom. The van der Waals surface area contributed by atoms with E-state index in [-0.39, 0.29) is 5.95 Å². The van der Waals surface area contributed by atoms with Crippen LogP contribution in [0.5, 0.6) is 0 Å². The fourth-order valence-corrected chi connectivity index (χ4v) is 3.01. The number of aryl methyl sites for hydroxylation is 1. The van der Waals surface area contributed by atoms with Gasteiger partial charge in [-0.1, -0.05) is 0 Å². The molecule has 1 aliphatic heterocycles. The zero-order valence-electron chi connectivity index (χ0n) is 12.4. The average molecular weight is 304 g/mol. The number of anilines is 2. The minimum atomic E-state index is -0.524. The first-order valence-corrected chi connectivity index (χ1v) is 7.30. The molecule has 6 heteroatoms. The first-order valence-electron chi connectivity index (χ1n) is 7.30. The zero-order valence-corrected chi connectivity index (χ0v) is 12.4. The molecular formula is C16H18F2N4. The van der Waals surface area contributed by atoms with Gasteiger partial charge in [0.05, 0.1) is 0 Å². The van der Waals surface area contributed by atoms with E-state index in [1.54, 1.807) is 0 Å². The predicted molar refractivity (Wildman–Crippen MR) is 81.6 cm³/mol. The van der Waals surface area contributed by atoms with Crippen LogP contribution in [0.4, 0.5) is 20.5 Å². The van der Waals surface area contributed by atoms with Crippen LogP contribution in [0.1, 0.15) is 17.7 Å². The zero-order chi connectivity index (χ0) is 15.7. The van der Waals surface area contributed by atoms with Crippen molar-refractivity contribution in [2.24, 2.45) is 5.92 Å². The number of hydrogen-bond donors (Lipinski definition) is 1. The van der Waals surface area contributed by atoms with E-state index in [2.05, 4.69) is 14.9 Å². The number of hydrogen-bond acceptors (Lipinski definition) is 4. The van der Waals surface area contributed by atoms with Crippen molar-refractivity contribution in [1.82, 2.24) is 9.97 Å². The van der Waals surface area contributed by atoms with Crippen molar-refractivity contribution < 1.29 is 8.78 Å². The molecule has 1 saturated heterocycles. The van der Waals surface area contributed by atoms with Gasteiger partial charge in [-0.15, -0.1) is 0 Å². The van der Waals surface area contributed by atoms with Crippen LogP contribution in [0.15, 0.2) is 24.3 Å². The molecule has 2 aromatic rings. The number of nitrogens with two attached hydrogens (primary N) is 1. The number of nitrogens with zero attached hydrogens (tertiary/aromatic N) is 3. The maximum absolute atomic E-state index is 13.3. The van der Waals surface area contributed by atoms with Crippen molar-refractivity contribution in [2.75, 3.05) is 23.7 Å². The standard InChI is InChI=1S/C16H18F2N4/c1-10-4-15(21-16(19)20-10)22-3-2-11(9-22)5-12-6-13(17)8-14(18)7-12/h4,6-8,11H,2-3,5,9H2,1H3,(H2,19,20,21). The van der Waals surface area contributed by atoms with Gasteiger partial charge in [0.15, 0.2) is 0 Å². The van der Waals surface area contributed by atoms with E-state index in [4.69, 9.17) is 5.73 Å². The lowest BCUT2D eigenvalue weighted by Crippen LogP contribution is -2.22. The summed E-state index contributed by atoms with van der Waals surface area (Å²) in [6.45, 7) is 3.54. The highest BCUT2D eigenvalue weighted by Crippen LogP contribution is 2.26. The second kappa shape index (κ2) is 5.87. The molecule has 1 unspecified atom stereocenters. The maximum atomic E-state index is 13.3. The van der Waals surface area contributed by atoms with Crippen molar-refractivity contribution in [3.05, 3.63) is 47.2 Å². The number of halogens is 2. The van der Waals surface area contributed by atoms with E-state index < -0.39 is 11.6 Å². The molecule has 4 nitrogen and oxygen atoms in total. The number of benzene rings is 1. The third-order valence-corrected chi connectivity index (χ3v) is 3.91. The molecule has 22 heavy (non-hydrogen) atoms. The van der Waals surface area contributed by atoms with Gasteiger partial charge in [0.2, 0.25) is 5.95 Å². The molecule has 3 rings (SSSR count). The van der Waals surface area contributed by atoms with Crippen LogP contribution in [0, 0.1) is 24.5 Å². The van der Waals surface area contributed by atoms with Crippen molar-refractivity contribution in [2.45, 2.75) is 19.8 Å². The van der Waals surface area contributed by atoms with Gasteiger partial charge in [-0.3, -0.25) is 0 Å². The molecule has 0 aliphatic carbocycles. The van der Waals surface area contributed by atoms with Crippen LogP contribution < -0.4 is 10.6 Å². The van der Waals surface area contributed by atoms with Crippen LogP contribution in [-0.4, -0.2) is 23.1 Å². The Balaban J connectivity index is 1.69. The van der Waals surface area contributed by atoms with E-state index >= 15 is 0 Å². The van der Waals surface area contributed by atoms with Gasteiger partial charge in [0.1, 0.15) is 17.5 Å². The maximum Gasteiger partial charge on any atom is 0.222 e. The van der Waals surface area contributed by atoms with E-state index in [1.807, 2.05) is 13.0 Å². The monoisotopic (exact) mass is 304 g/mol. The molecule has 1 aromatic carbocycles. The molecule has 1 aliphatic rings. The molecule has 1 atom stereocenters. The number of aromatic nitrogens is 2. The summed E-state index contributed by atoms with van der Waals surface area (Å²) in [5.41, 5.74) is 7.21. The first kappa shape index (κ1) is 14.7. The molecule has 0 bridgehead atoms. The summed E-state index contributed by atoms with van der Waals surface area (Å²) in [5, 5.41) is 0. The van der Waals surface area contributed by atoms with Gasteiger partial charge in [-0.05, 0) is 43.4 Å². The second-order valence-corrected chi connectivity index (χ2v) is 5.81. The van der Waals surface area contributed by atoms with Crippen LogP contribution in [0.25, 0.3) is 0 Å². The summed E-state index contributed by atoms with van der Waals surface area (Å²) in [6, 6.07) is 5.61. The number of rotatable bonds is 3. The van der Waals surface area contributed by atoms with E-state index in [0.717, 1.165) is 37.1 Å². The van der Waals surface area contributed by atoms with Crippen molar-refractivity contribution in [3.8, 4) is 0 Å². The van der Waals surface area contributed by atoms with Gasteiger partial charge in [-0.2, -0.15) is 4.98 Å². The third-order valence-electron chi connectivity index (χ3n) is 3.91. The summed E-state index contributed by atoms with van der Waals surface area (Å²) in [4.78, 5) is 10.5. The molecule has 1 fully saturated rings. The first-order chi connectivity index (χ1) is 10.5. The highest BCUT2D eigenvalue weighted by atomic mass is 19.1. The van der Waals surface area contributed by atoms with Crippen molar-refractivity contribution in [1.29, 1.82) is 0 Å². The van der Waals surface area contributed by atoms with E-state index in [1.165, 1.54) is 12.1 Å². The molecule has 0 amide bonds. The molecule has 116 valence electrons. The van der Waals surface area contributed by atoms with Crippen LogP contribution in [0.3, 0.4) is 0 Å². The lowest BCUT2D eigenvalue weighted by molar-refractivity contribution is 0.558. The largest absolute Gasteiger partial charge is 0.368 e. The van der Waals surface area contributed by atoms with Gasteiger partial charge >= 0.3 is 0 Å². The molecule has 0 radical (unpaired) electrons. The van der Waals surface area contributed by atoms with Crippen molar-refractivity contribution in [3.63, 3.8) is 0 Å². The normalized spacial score (nSPS) is 18.0. The summed E-state index contributed by atoms with van der Waals surface area (Å²) < 4.78 is 26.5. The Morgan fingerprint density at radius 1 is 1.18 bits per heavy atom. The second-order valence-electron chi connectivity index (χ2n) is 5.81. The Kier molecular flexibility index (Phi) is 3.92. The summed E-state index contributed by atoms with van der Waals surface area (Å²) in [6.07, 6.45) is 1.62. The fourth-order valence-electron chi connectivity index (χ4n) is 3.01. The lowest BCUT2D eigenvalue weighted by Gasteiger charge is -2.18. The molecule has 0 spiro atoms.